The van der Waals surface area contributed by atoms with Crippen molar-refractivity contribution >= 4 is 5.97 Å². The van der Waals surface area contributed by atoms with Gasteiger partial charge in [-0.1, -0.05) is 0 Å². The van der Waals surface area contributed by atoms with Gasteiger partial charge in [0.1, 0.15) is 0 Å². The van der Waals surface area contributed by atoms with Gasteiger partial charge in [0, 0.05) is 11.8 Å². The van der Waals surface area contributed by atoms with E-state index >= 15 is 0 Å². The molecule has 0 spiro atoms. The number of carbonyl (C=O) groups excluding carboxylic acids is 1. The highest BCUT2D eigenvalue weighted by Gasteiger charge is 2.47. The fourth-order valence-electron chi connectivity index (χ4n) is 4.78. The molecule has 0 unspecified atom stereocenters. The molecule has 7 heteroatoms. The number of benzene rings is 2. The maximum atomic E-state index is 12.4. The number of esters is 1. The number of carbonyl (C=O) groups is 1. The molecule has 2 heterocycles. The predicted octanol–water partition coefficient (Wildman–Crippen LogP) is 2.92. The maximum absolute atomic E-state index is 12.4. The van der Waals surface area contributed by atoms with Crippen molar-refractivity contribution in [2.24, 2.45) is 11.8 Å². The first-order valence-corrected chi connectivity index (χ1v) is 9.53. The third kappa shape index (κ3) is 2.68. The van der Waals surface area contributed by atoms with Crippen LogP contribution in [0, 0.1) is 11.8 Å². The summed E-state index contributed by atoms with van der Waals surface area (Å²) in [6.07, 6.45) is 0.635. The normalized spacial score (nSPS) is 23.8. The van der Waals surface area contributed by atoms with Crippen molar-refractivity contribution in [2.75, 3.05) is 34.7 Å². The standard InChI is InChI=1S/C22H22O7/c1-24-18-6-12(7-19(25-2)21(18)26-3)20-13-8-17-16(28-10-29-17)5-11(13)4-14-15(20)9-27-22(14)23/h5-8,14-15,20H,4,9-10H2,1-3H3/t14-,15+,20-/m1/s1. The van der Waals surface area contributed by atoms with Crippen LogP contribution in [0.25, 0.3) is 0 Å². The van der Waals surface area contributed by atoms with Crippen LogP contribution in [0.1, 0.15) is 22.6 Å². The minimum atomic E-state index is -0.188. The number of cyclic esters (lactones) is 1. The van der Waals surface area contributed by atoms with Crippen LogP contribution in [0.2, 0.25) is 0 Å². The molecule has 3 aliphatic rings. The molecule has 3 atom stereocenters. The molecule has 0 N–H and O–H groups in total. The molecule has 0 radical (unpaired) electrons. The first-order valence-electron chi connectivity index (χ1n) is 9.53. The van der Waals surface area contributed by atoms with E-state index < -0.39 is 0 Å². The zero-order valence-electron chi connectivity index (χ0n) is 16.5. The van der Waals surface area contributed by atoms with Gasteiger partial charge in [0.15, 0.2) is 23.0 Å². The van der Waals surface area contributed by atoms with E-state index in [9.17, 15) is 4.79 Å². The minimum Gasteiger partial charge on any atom is -0.493 e. The molecule has 2 aromatic rings. The van der Waals surface area contributed by atoms with Crippen molar-refractivity contribution in [3.63, 3.8) is 0 Å². The van der Waals surface area contributed by atoms with Crippen LogP contribution >= 0.6 is 0 Å². The Kier molecular flexibility index (Phi) is 4.19. The zero-order valence-corrected chi connectivity index (χ0v) is 16.5. The molecule has 1 aliphatic carbocycles. The Labute approximate surface area is 168 Å². The Balaban J connectivity index is 1.70. The molecule has 0 aromatic heterocycles. The second-order valence-corrected chi connectivity index (χ2v) is 7.45. The highest BCUT2D eigenvalue weighted by Crippen LogP contribution is 2.52. The maximum Gasteiger partial charge on any atom is 0.309 e. The predicted molar refractivity (Wildman–Crippen MR) is 102 cm³/mol. The molecule has 2 aromatic carbocycles. The summed E-state index contributed by atoms with van der Waals surface area (Å²) in [5.41, 5.74) is 3.17. The van der Waals surface area contributed by atoms with Crippen molar-refractivity contribution in [2.45, 2.75) is 12.3 Å². The number of hydrogen-bond donors (Lipinski definition) is 0. The highest BCUT2D eigenvalue weighted by molar-refractivity contribution is 5.77. The Hall–Kier alpha value is -3.09. The van der Waals surface area contributed by atoms with Crippen molar-refractivity contribution < 1.29 is 33.2 Å². The molecule has 1 fully saturated rings. The van der Waals surface area contributed by atoms with E-state index in [1.54, 1.807) is 21.3 Å². The van der Waals surface area contributed by atoms with Gasteiger partial charge < -0.3 is 28.4 Å². The van der Waals surface area contributed by atoms with Crippen LogP contribution in [0.5, 0.6) is 28.7 Å². The number of fused-ring (bicyclic) bond motifs is 3. The second-order valence-electron chi connectivity index (χ2n) is 7.45. The molecule has 0 bridgehead atoms. The lowest BCUT2D eigenvalue weighted by molar-refractivity contribution is -0.141. The van der Waals surface area contributed by atoms with E-state index in [0.717, 1.165) is 28.2 Å². The van der Waals surface area contributed by atoms with Gasteiger partial charge in [-0.25, -0.2) is 0 Å². The van der Waals surface area contributed by atoms with E-state index in [0.29, 0.717) is 30.3 Å². The van der Waals surface area contributed by atoms with E-state index in [-0.39, 0.29) is 30.5 Å². The summed E-state index contributed by atoms with van der Waals surface area (Å²) in [5.74, 6) is 2.77. The summed E-state index contributed by atoms with van der Waals surface area (Å²) < 4.78 is 33.2. The Morgan fingerprint density at radius 1 is 0.897 bits per heavy atom. The van der Waals surface area contributed by atoms with Gasteiger partial charge in [-0.05, 0) is 47.4 Å². The lowest BCUT2D eigenvalue weighted by atomic mass is 9.67. The summed E-state index contributed by atoms with van der Waals surface area (Å²) in [7, 11) is 4.77. The fraction of sp³-hybridized carbons (Fsp3) is 0.409. The van der Waals surface area contributed by atoms with Crippen LogP contribution in [-0.2, 0) is 16.0 Å². The largest absolute Gasteiger partial charge is 0.493 e. The average molecular weight is 398 g/mol. The van der Waals surface area contributed by atoms with Gasteiger partial charge in [0.05, 0.1) is 33.9 Å². The fourth-order valence-corrected chi connectivity index (χ4v) is 4.78. The Morgan fingerprint density at radius 2 is 1.59 bits per heavy atom. The minimum absolute atomic E-state index is 0.0261. The molecule has 1 saturated heterocycles. The van der Waals surface area contributed by atoms with Gasteiger partial charge in [0.25, 0.3) is 0 Å². The molecule has 0 amide bonds. The zero-order chi connectivity index (χ0) is 20.1. The van der Waals surface area contributed by atoms with Crippen LogP contribution in [0.15, 0.2) is 24.3 Å². The molecule has 0 saturated carbocycles. The van der Waals surface area contributed by atoms with Crippen molar-refractivity contribution in [3.05, 3.63) is 41.0 Å². The SMILES string of the molecule is COc1cc([C@@H]2c3cc4c(cc3C[C@H]3C(=O)OC[C@H]23)OCO4)cc(OC)c1OC. The molecular weight excluding hydrogens is 376 g/mol. The van der Waals surface area contributed by atoms with Crippen LogP contribution in [-0.4, -0.2) is 40.7 Å². The van der Waals surface area contributed by atoms with Crippen molar-refractivity contribution in [3.8, 4) is 28.7 Å². The summed E-state index contributed by atoms with van der Waals surface area (Å²) in [6, 6.07) is 7.92. The Bertz CT molecular complexity index is 958. The van der Waals surface area contributed by atoms with E-state index in [4.69, 9.17) is 28.4 Å². The average Bonchev–Trinajstić information content (AvgIpc) is 3.35. The van der Waals surface area contributed by atoms with Crippen molar-refractivity contribution in [1.29, 1.82) is 0 Å². The molecule has 5 rings (SSSR count). The third-order valence-corrected chi connectivity index (χ3v) is 6.12. The van der Waals surface area contributed by atoms with Gasteiger partial charge in [-0.2, -0.15) is 0 Å². The smallest absolute Gasteiger partial charge is 0.309 e. The Morgan fingerprint density at radius 3 is 2.24 bits per heavy atom. The second kappa shape index (κ2) is 6.76. The van der Waals surface area contributed by atoms with Gasteiger partial charge in [-0.3, -0.25) is 4.79 Å². The number of ether oxygens (including phenoxy) is 6. The number of rotatable bonds is 4. The van der Waals surface area contributed by atoms with Crippen LogP contribution < -0.4 is 23.7 Å². The van der Waals surface area contributed by atoms with Crippen molar-refractivity contribution in [1.82, 2.24) is 0 Å². The van der Waals surface area contributed by atoms with E-state index in [1.165, 1.54) is 0 Å². The third-order valence-electron chi connectivity index (χ3n) is 6.12. The highest BCUT2D eigenvalue weighted by atomic mass is 16.7. The molecular formula is C22H22O7. The van der Waals surface area contributed by atoms with Crippen LogP contribution in [0.4, 0.5) is 0 Å². The van der Waals surface area contributed by atoms with E-state index in [1.807, 2.05) is 24.3 Å². The monoisotopic (exact) mass is 398 g/mol. The van der Waals surface area contributed by atoms with Gasteiger partial charge in [0.2, 0.25) is 12.5 Å². The topological polar surface area (TPSA) is 72.5 Å². The summed E-state index contributed by atoms with van der Waals surface area (Å²) in [4.78, 5) is 12.4. The quantitative estimate of drug-likeness (QED) is 0.733. The first kappa shape index (κ1) is 18.0. The summed E-state index contributed by atoms with van der Waals surface area (Å²) >= 11 is 0. The molecule has 7 nitrogen and oxygen atoms in total. The number of methoxy groups -OCH3 is 3. The lowest BCUT2D eigenvalue weighted by Crippen LogP contribution is -2.31. The first-order chi connectivity index (χ1) is 14.1. The van der Waals surface area contributed by atoms with Gasteiger partial charge >= 0.3 is 5.97 Å². The molecule has 29 heavy (non-hydrogen) atoms. The van der Waals surface area contributed by atoms with E-state index in [2.05, 4.69) is 0 Å². The summed E-state index contributed by atoms with van der Waals surface area (Å²) in [6.45, 7) is 0.598. The number of hydrogen-bond acceptors (Lipinski definition) is 7. The van der Waals surface area contributed by atoms with Crippen LogP contribution in [0.3, 0.4) is 0 Å². The molecule has 2 aliphatic heterocycles. The molecule has 152 valence electrons. The van der Waals surface area contributed by atoms with Gasteiger partial charge in [-0.15, -0.1) is 0 Å². The summed E-state index contributed by atoms with van der Waals surface area (Å²) in [5, 5.41) is 0. The lowest BCUT2D eigenvalue weighted by Gasteiger charge is -2.34.